The quantitative estimate of drug-likeness (QED) is 0.617. The van der Waals surface area contributed by atoms with E-state index < -0.39 is 5.60 Å². The molecule has 1 fully saturated rings. The van der Waals surface area contributed by atoms with Gasteiger partial charge in [-0.15, -0.1) is 12.3 Å². The van der Waals surface area contributed by atoms with Gasteiger partial charge in [-0.2, -0.15) is 0 Å². The summed E-state index contributed by atoms with van der Waals surface area (Å²) in [6, 6.07) is 0.333. The molecule has 0 radical (unpaired) electrons. The Hall–Kier alpha value is -1.21. The smallest absolute Gasteiger partial charge is 0.410 e. The molecule has 1 aliphatic rings. The normalized spacial score (nSPS) is 20.3. The fraction of sp³-hybridized carbons (Fsp3) is 0.786. The Kier molecular flexibility index (Phi) is 5.49. The lowest BCUT2D eigenvalue weighted by atomic mass is 10.1. The zero-order chi connectivity index (χ0) is 13.6. The van der Waals surface area contributed by atoms with E-state index in [9.17, 15) is 4.79 Å². The maximum Gasteiger partial charge on any atom is 0.410 e. The van der Waals surface area contributed by atoms with Crippen molar-refractivity contribution in [3.63, 3.8) is 0 Å². The van der Waals surface area contributed by atoms with E-state index in [4.69, 9.17) is 11.2 Å². The molecule has 4 nitrogen and oxygen atoms in total. The second-order valence-electron chi connectivity index (χ2n) is 5.67. The maximum atomic E-state index is 11.9. The van der Waals surface area contributed by atoms with Crippen LogP contribution >= 0.6 is 0 Å². The first-order valence-corrected chi connectivity index (χ1v) is 6.57. The number of carbonyl (C=O) groups is 1. The fourth-order valence-electron chi connectivity index (χ4n) is 1.98. The standard InChI is InChI=1S/C14H24N2O2/c1-5-6-9-15-12-8-7-10-16(11-12)13(17)18-14(2,3)4/h1,12,15H,6-11H2,2-4H3. The first-order chi connectivity index (χ1) is 8.42. The lowest BCUT2D eigenvalue weighted by Gasteiger charge is -2.34. The van der Waals surface area contributed by atoms with Gasteiger partial charge < -0.3 is 15.0 Å². The van der Waals surface area contributed by atoms with Gasteiger partial charge in [-0.25, -0.2) is 4.79 Å². The predicted molar refractivity (Wildman–Crippen MR) is 72.3 cm³/mol. The van der Waals surface area contributed by atoms with Crippen molar-refractivity contribution >= 4 is 6.09 Å². The number of hydrogen-bond acceptors (Lipinski definition) is 3. The van der Waals surface area contributed by atoms with E-state index in [1.807, 2.05) is 20.8 Å². The first-order valence-electron chi connectivity index (χ1n) is 6.57. The van der Waals surface area contributed by atoms with Gasteiger partial charge in [0, 0.05) is 32.1 Å². The molecule has 102 valence electrons. The summed E-state index contributed by atoms with van der Waals surface area (Å²) in [6.45, 7) is 7.96. The number of piperidine rings is 1. The monoisotopic (exact) mass is 252 g/mol. The number of carbonyl (C=O) groups excluding carboxylic acids is 1. The molecule has 0 spiro atoms. The van der Waals surface area contributed by atoms with Crippen LogP contribution < -0.4 is 5.32 Å². The van der Waals surface area contributed by atoms with Crippen LogP contribution in [0.15, 0.2) is 0 Å². The molecule has 18 heavy (non-hydrogen) atoms. The molecule has 1 heterocycles. The molecule has 0 aromatic rings. The van der Waals surface area contributed by atoms with Crippen molar-refractivity contribution in [2.45, 2.75) is 51.7 Å². The van der Waals surface area contributed by atoms with Gasteiger partial charge >= 0.3 is 6.09 Å². The predicted octanol–water partition coefficient (Wildman–Crippen LogP) is 2.00. The number of amides is 1. The van der Waals surface area contributed by atoms with Crippen LogP contribution in [0.1, 0.15) is 40.0 Å². The molecule has 0 bridgehead atoms. The highest BCUT2D eigenvalue weighted by molar-refractivity contribution is 5.68. The lowest BCUT2D eigenvalue weighted by Crippen LogP contribution is -2.49. The van der Waals surface area contributed by atoms with Crippen LogP contribution in [0.4, 0.5) is 4.79 Å². The zero-order valence-electron chi connectivity index (χ0n) is 11.7. The molecule has 1 amide bonds. The van der Waals surface area contributed by atoms with Crippen molar-refractivity contribution in [1.82, 2.24) is 10.2 Å². The third kappa shape index (κ3) is 5.42. The molecule has 0 aromatic heterocycles. The second-order valence-corrected chi connectivity index (χ2v) is 5.67. The topological polar surface area (TPSA) is 41.6 Å². The van der Waals surface area contributed by atoms with Crippen LogP contribution in [0, 0.1) is 12.3 Å². The molecule has 0 aliphatic carbocycles. The van der Waals surface area contributed by atoms with Crippen molar-refractivity contribution in [3.8, 4) is 12.3 Å². The summed E-state index contributed by atoms with van der Waals surface area (Å²) in [5.41, 5.74) is -0.430. The van der Waals surface area contributed by atoms with Crippen LogP contribution in [-0.2, 0) is 4.74 Å². The number of nitrogens with one attached hydrogen (secondary N) is 1. The summed E-state index contributed by atoms with van der Waals surface area (Å²) >= 11 is 0. The van der Waals surface area contributed by atoms with Gasteiger partial charge in [0.1, 0.15) is 5.60 Å². The Balaban J connectivity index is 2.39. The van der Waals surface area contributed by atoms with E-state index in [0.717, 1.165) is 32.4 Å². The third-order valence-corrected chi connectivity index (χ3v) is 2.78. The van der Waals surface area contributed by atoms with Gasteiger partial charge in [-0.05, 0) is 33.6 Å². The van der Waals surface area contributed by atoms with Crippen LogP contribution in [0.25, 0.3) is 0 Å². The highest BCUT2D eigenvalue weighted by atomic mass is 16.6. The maximum absolute atomic E-state index is 11.9. The molecular weight excluding hydrogens is 228 g/mol. The molecule has 1 N–H and O–H groups in total. The van der Waals surface area contributed by atoms with Gasteiger partial charge in [-0.3, -0.25) is 0 Å². The number of rotatable bonds is 3. The van der Waals surface area contributed by atoms with E-state index in [-0.39, 0.29) is 6.09 Å². The minimum absolute atomic E-state index is 0.217. The van der Waals surface area contributed by atoms with Crippen molar-refractivity contribution < 1.29 is 9.53 Å². The van der Waals surface area contributed by atoms with Gasteiger partial charge in [0.2, 0.25) is 0 Å². The Morgan fingerprint density at radius 2 is 2.28 bits per heavy atom. The van der Waals surface area contributed by atoms with Gasteiger partial charge in [0.05, 0.1) is 0 Å². The van der Waals surface area contributed by atoms with E-state index in [0.29, 0.717) is 12.6 Å². The number of terminal acetylenes is 1. The average molecular weight is 252 g/mol. The Morgan fingerprint density at radius 3 is 2.89 bits per heavy atom. The van der Waals surface area contributed by atoms with E-state index >= 15 is 0 Å². The van der Waals surface area contributed by atoms with Crippen molar-refractivity contribution in [1.29, 1.82) is 0 Å². The molecule has 1 unspecified atom stereocenters. The molecule has 1 saturated heterocycles. The molecule has 1 aliphatic heterocycles. The van der Waals surface area contributed by atoms with E-state index in [2.05, 4.69) is 11.2 Å². The Bertz CT molecular complexity index is 315. The van der Waals surface area contributed by atoms with Crippen molar-refractivity contribution in [2.24, 2.45) is 0 Å². The van der Waals surface area contributed by atoms with Gasteiger partial charge in [0.15, 0.2) is 0 Å². The lowest BCUT2D eigenvalue weighted by molar-refractivity contribution is 0.0188. The Labute approximate surface area is 110 Å². The summed E-state index contributed by atoms with van der Waals surface area (Å²) in [5, 5.41) is 3.38. The molecule has 4 heteroatoms. The second kappa shape index (κ2) is 6.65. The van der Waals surface area contributed by atoms with Crippen molar-refractivity contribution in [3.05, 3.63) is 0 Å². The van der Waals surface area contributed by atoms with Crippen LogP contribution in [0.5, 0.6) is 0 Å². The summed E-state index contributed by atoms with van der Waals surface area (Å²) in [6.07, 6.45) is 7.82. The summed E-state index contributed by atoms with van der Waals surface area (Å²) in [5.74, 6) is 2.60. The van der Waals surface area contributed by atoms with E-state index in [1.165, 1.54) is 0 Å². The average Bonchev–Trinajstić information content (AvgIpc) is 2.27. The minimum atomic E-state index is -0.430. The number of hydrogen-bond donors (Lipinski definition) is 1. The summed E-state index contributed by atoms with van der Waals surface area (Å²) in [4.78, 5) is 13.7. The first kappa shape index (κ1) is 14.8. The largest absolute Gasteiger partial charge is 0.444 e. The van der Waals surface area contributed by atoms with Crippen molar-refractivity contribution in [2.75, 3.05) is 19.6 Å². The summed E-state index contributed by atoms with van der Waals surface area (Å²) < 4.78 is 5.38. The molecular formula is C14H24N2O2. The van der Waals surface area contributed by atoms with Crippen LogP contribution in [-0.4, -0.2) is 42.3 Å². The van der Waals surface area contributed by atoms with Crippen LogP contribution in [0.3, 0.4) is 0 Å². The molecule has 1 atom stereocenters. The highest BCUT2D eigenvalue weighted by Crippen LogP contribution is 2.15. The van der Waals surface area contributed by atoms with Gasteiger partial charge in [-0.1, -0.05) is 0 Å². The molecule has 0 saturated carbocycles. The SMILES string of the molecule is C#CCCNC1CCCN(C(=O)OC(C)(C)C)C1. The van der Waals surface area contributed by atoms with Gasteiger partial charge in [0.25, 0.3) is 0 Å². The highest BCUT2D eigenvalue weighted by Gasteiger charge is 2.27. The minimum Gasteiger partial charge on any atom is -0.444 e. The Morgan fingerprint density at radius 1 is 1.56 bits per heavy atom. The van der Waals surface area contributed by atoms with E-state index in [1.54, 1.807) is 4.90 Å². The van der Waals surface area contributed by atoms with Crippen LogP contribution in [0.2, 0.25) is 0 Å². The number of nitrogens with zero attached hydrogens (tertiary/aromatic N) is 1. The summed E-state index contributed by atoms with van der Waals surface area (Å²) in [7, 11) is 0. The number of ether oxygens (including phenoxy) is 1. The third-order valence-electron chi connectivity index (χ3n) is 2.78. The number of likely N-dealkylation sites (tertiary alicyclic amines) is 1. The molecule has 1 rings (SSSR count). The zero-order valence-corrected chi connectivity index (χ0v) is 11.7. The molecule has 0 aromatic carbocycles. The fourth-order valence-corrected chi connectivity index (χ4v) is 1.98.